The maximum absolute atomic E-state index is 12.6. The van der Waals surface area contributed by atoms with Crippen molar-refractivity contribution in [3.8, 4) is 0 Å². The van der Waals surface area contributed by atoms with E-state index >= 15 is 0 Å². The van der Waals surface area contributed by atoms with E-state index in [-0.39, 0.29) is 17.5 Å². The number of anilines is 1. The Labute approximate surface area is 136 Å². The van der Waals surface area contributed by atoms with E-state index < -0.39 is 5.97 Å². The van der Waals surface area contributed by atoms with Crippen molar-refractivity contribution in [3.63, 3.8) is 0 Å². The molecule has 2 aliphatic rings. The van der Waals surface area contributed by atoms with E-state index in [0.717, 1.165) is 13.0 Å². The lowest BCUT2D eigenvalue weighted by Gasteiger charge is -2.30. The second-order valence-corrected chi connectivity index (χ2v) is 6.65. The van der Waals surface area contributed by atoms with Crippen LogP contribution in [0.15, 0.2) is 24.3 Å². The first kappa shape index (κ1) is 16.0. The summed E-state index contributed by atoms with van der Waals surface area (Å²) in [7, 11) is 0. The van der Waals surface area contributed by atoms with E-state index in [1.807, 2.05) is 0 Å². The third-order valence-corrected chi connectivity index (χ3v) is 5.21. The Morgan fingerprint density at radius 1 is 1.04 bits per heavy atom. The zero-order valence-electron chi connectivity index (χ0n) is 13.3. The maximum Gasteiger partial charge on any atom is 0.335 e. The summed E-state index contributed by atoms with van der Waals surface area (Å²) >= 11 is 0. The summed E-state index contributed by atoms with van der Waals surface area (Å²) in [5.41, 5.74) is 0.873. The molecule has 23 heavy (non-hydrogen) atoms. The molecule has 1 aliphatic heterocycles. The van der Waals surface area contributed by atoms with Crippen LogP contribution in [0, 0.1) is 11.8 Å². The van der Waals surface area contributed by atoms with Gasteiger partial charge in [0.15, 0.2) is 0 Å². The zero-order chi connectivity index (χ0) is 16.2. The first-order valence-corrected chi connectivity index (χ1v) is 8.53. The number of carbonyl (C=O) groups excluding carboxylic acids is 1. The van der Waals surface area contributed by atoms with Gasteiger partial charge in [0.25, 0.3) is 0 Å². The zero-order valence-corrected chi connectivity index (χ0v) is 13.3. The molecule has 3 rings (SSSR count). The first-order valence-electron chi connectivity index (χ1n) is 8.53. The molecule has 0 aromatic heterocycles. The molecule has 1 saturated heterocycles. The van der Waals surface area contributed by atoms with E-state index in [1.54, 1.807) is 12.1 Å². The highest BCUT2D eigenvalue weighted by atomic mass is 16.4. The number of carbonyl (C=O) groups is 2. The fourth-order valence-corrected chi connectivity index (χ4v) is 4.00. The van der Waals surface area contributed by atoms with Gasteiger partial charge in [-0.1, -0.05) is 32.1 Å². The van der Waals surface area contributed by atoms with E-state index in [9.17, 15) is 9.59 Å². The van der Waals surface area contributed by atoms with E-state index in [0.29, 0.717) is 17.5 Å². The third-order valence-electron chi connectivity index (χ3n) is 5.21. The molecule has 0 bridgehead atoms. The molecule has 1 unspecified atom stereocenters. The Morgan fingerprint density at radius 3 is 2.39 bits per heavy atom. The van der Waals surface area contributed by atoms with Gasteiger partial charge in [0, 0.05) is 5.69 Å². The fourth-order valence-electron chi connectivity index (χ4n) is 4.00. The molecule has 0 radical (unpaired) electrons. The molecule has 1 amide bonds. The monoisotopic (exact) mass is 316 g/mol. The highest BCUT2D eigenvalue weighted by Gasteiger charge is 2.38. The summed E-state index contributed by atoms with van der Waals surface area (Å²) in [5, 5.41) is 15.2. The van der Waals surface area contributed by atoms with Crippen LogP contribution >= 0.6 is 0 Å². The molecule has 1 aromatic rings. The minimum Gasteiger partial charge on any atom is -0.478 e. The summed E-state index contributed by atoms with van der Waals surface area (Å²) in [5.74, 6) is 0.122. The van der Waals surface area contributed by atoms with E-state index in [1.165, 1.54) is 44.2 Å². The van der Waals surface area contributed by atoms with Gasteiger partial charge in [0.05, 0.1) is 11.6 Å². The van der Waals surface area contributed by atoms with Crippen LogP contribution in [0.4, 0.5) is 5.69 Å². The normalized spacial score (nSPS) is 25.2. The second kappa shape index (κ2) is 7.13. The van der Waals surface area contributed by atoms with Gasteiger partial charge in [-0.05, 0) is 49.1 Å². The van der Waals surface area contributed by atoms with Gasteiger partial charge in [0.1, 0.15) is 0 Å². The molecule has 1 heterocycles. The fraction of sp³-hybridized carbons (Fsp3) is 0.556. The van der Waals surface area contributed by atoms with Crippen LogP contribution in [0.25, 0.3) is 0 Å². The van der Waals surface area contributed by atoms with E-state index in [2.05, 4.69) is 10.6 Å². The summed E-state index contributed by atoms with van der Waals surface area (Å²) in [6, 6.07) is 6.19. The predicted molar refractivity (Wildman–Crippen MR) is 88.5 cm³/mol. The summed E-state index contributed by atoms with van der Waals surface area (Å²) in [4.78, 5) is 23.5. The average Bonchev–Trinajstić information content (AvgIpc) is 3.06. The molecular formula is C18H24N2O3. The van der Waals surface area contributed by atoms with Crippen LogP contribution < -0.4 is 10.6 Å². The standard InChI is InChI=1S/C18H24N2O3/c21-17(20-14-8-6-13(7-9-14)18(22)23)16-15(10-11-19-16)12-4-2-1-3-5-12/h6-9,12,15-16,19H,1-5,10-11H2,(H,20,21)(H,22,23)/t15?,16-/m0/s1. The van der Waals surface area contributed by atoms with Gasteiger partial charge in [-0.15, -0.1) is 0 Å². The number of nitrogens with one attached hydrogen (secondary N) is 2. The van der Waals surface area contributed by atoms with Crippen LogP contribution in [0.3, 0.4) is 0 Å². The molecule has 2 atom stereocenters. The van der Waals surface area contributed by atoms with Crippen molar-refractivity contribution in [2.45, 2.75) is 44.6 Å². The van der Waals surface area contributed by atoms with Crippen molar-refractivity contribution < 1.29 is 14.7 Å². The first-order chi connectivity index (χ1) is 11.1. The lowest BCUT2D eigenvalue weighted by molar-refractivity contribution is -0.119. The van der Waals surface area contributed by atoms with Gasteiger partial charge in [-0.2, -0.15) is 0 Å². The van der Waals surface area contributed by atoms with Gasteiger partial charge in [-0.25, -0.2) is 4.79 Å². The van der Waals surface area contributed by atoms with Gasteiger partial charge in [0.2, 0.25) is 5.91 Å². The predicted octanol–water partition coefficient (Wildman–Crippen LogP) is 2.88. The number of hydrogen-bond donors (Lipinski definition) is 3. The second-order valence-electron chi connectivity index (χ2n) is 6.65. The SMILES string of the molecule is O=C(O)c1ccc(NC(=O)[C@H]2NCCC2C2CCCCC2)cc1. The lowest BCUT2D eigenvalue weighted by atomic mass is 9.76. The Hall–Kier alpha value is -1.88. The number of rotatable bonds is 4. The largest absolute Gasteiger partial charge is 0.478 e. The van der Waals surface area contributed by atoms with Crippen molar-refractivity contribution in [1.29, 1.82) is 0 Å². The Morgan fingerprint density at radius 2 is 1.74 bits per heavy atom. The smallest absolute Gasteiger partial charge is 0.335 e. The van der Waals surface area contributed by atoms with Crippen LogP contribution in [0.5, 0.6) is 0 Å². The molecule has 2 fully saturated rings. The van der Waals surface area contributed by atoms with Gasteiger partial charge >= 0.3 is 5.97 Å². The molecule has 0 spiro atoms. The summed E-state index contributed by atoms with van der Waals surface area (Å²) < 4.78 is 0. The van der Waals surface area contributed by atoms with Gasteiger partial charge < -0.3 is 15.7 Å². The van der Waals surface area contributed by atoms with Crippen LogP contribution in [-0.4, -0.2) is 29.6 Å². The van der Waals surface area contributed by atoms with Crippen molar-refractivity contribution in [2.24, 2.45) is 11.8 Å². The van der Waals surface area contributed by atoms with E-state index in [4.69, 9.17) is 5.11 Å². The minimum absolute atomic E-state index is 0.00106. The molecule has 3 N–H and O–H groups in total. The number of amides is 1. The van der Waals surface area contributed by atoms with Crippen LogP contribution in [0.1, 0.15) is 48.9 Å². The lowest BCUT2D eigenvalue weighted by Crippen LogP contribution is -2.42. The Kier molecular flexibility index (Phi) is 4.96. The van der Waals surface area contributed by atoms with Crippen molar-refractivity contribution in [1.82, 2.24) is 5.32 Å². The Balaban J connectivity index is 1.63. The van der Waals surface area contributed by atoms with Crippen molar-refractivity contribution in [2.75, 3.05) is 11.9 Å². The van der Waals surface area contributed by atoms with Crippen LogP contribution in [-0.2, 0) is 4.79 Å². The van der Waals surface area contributed by atoms with Gasteiger partial charge in [-0.3, -0.25) is 4.79 Å². The summed E-state index contributed by atoms with van der Waals surface area (Å²) in [6.07, 6.45) is 7.44. The molecule has 5 nitrogen and oxygen atoms in total. The maximum atomic E-state index is 12.6. The van der Waals surface area contributed by atoms with Crippen LogP contribution in [0.2, 0.25) is 0 Å². The number of hydrogen-bond acceptors (Lipinski definition) is 3. The highest BCUT2D eigenvalue weighted by molar-refractivity contribution is 5.96. The third kappa shape index (κ3) is 3.72. The molecular weight excluding hydrogens is 292 g/mol. The minimum atomic E-state index is -0.960. The highest BCUT2D eigenvalue weighted by Crippen LogP contribution is 2.36. The molecule has 124 valence electrons. The van der Waals surface area contributed by atoms with Crippen molar-refractivity contribution >= 4 is 17.6 Å². The molecule has 5 heteroatoms. The topological polar surface area (TPSA) is 78.4 Å². The summed E-state index contributed by atoms with van der Waals surface area (Å²) in [6.45, 7) is 0.900. The van der Waals surface area contributed by atoms with Crippen molar-refractivity contribution in [3.05, 3.63) is 29.8 Å². The molecule has 1 saturated carbocycles. The number of benzene rings is 1. The Bertz CT molecular complexity index is 564. The molecule has 1 aliphatic carbocycles. The number of carboxylic acid groups (broad SMARTS) is 1. The number of aromatic carboxylic acids is 1. The quantitative estimate of drug-likeness (QED) is 0.798. The molecule has 1 aromatic carbocycles. The average molecular weight is 316 g/mol. The number of carboxylic acids is 1.